The third-order valence-corrected chi connectivity index (χ3v) is 4.72. The molecule has 2 N–H and O–H groups in total. The first kappa shape index (κ1) is 17.8. The predicted octanol–water partition coefficient (Wildman–Crippen LogP) is 4.46. The second-order valence-corrected chi connectivity index (χ2v) is 6.48. The van der Waals surface area contributed by atoms with Crippen molar-refractivity contribution < 1.29 is 14.3 Å². The molecular weight excluding hydrogens is 350 g/mol. The Hall–Kier alpha value is -3.06. The van der Waals surface area contributed by atoms with Crippen LogP contribution in [0.4, 0.5) is 16.5 Å². The second-order valence-electron chi connectivity index (χ2n) is 5.48. The number of carbonyl (C=O) groups excluding carboxylic acids is 1. The van der Waals surface area contributed by atoms with Crippen LogP contribution in [0.15, 0.2) is 48.5 Å². The van der Waals surface area contributed by atoms with Crippen LogP contribution in [-0.4, -0.2) is 25.1 Å². The molecule has 6 nitrogen and oxygen atoms in total. The van der Waals surface area contributed by atoms with Gasteiger partial charge in [0.2, 0.25) is 0 Å². The van der Waals surface area contributed by atoms with Gasteiger partial charge in [-0.25, -0.2) is 4.98 Å². The molecule has 1 amide bonds. The van der Waals surface area contributed by atoms with Gasteiger partial charge in [0.25, 0.3) is 5.91 Å². The summed E-state index contributed by atoms with van der Waals surface area (Å²) in [5, 5.41) is 6.72. The maximum atomic E-state index is 12.6. The van der Waals surface area contributed by atoms with Gasteiger partial charge in [0.1, 0.15) is 16.4 Å². The third kappa shape index (κ3) is 4.12. The predicted molar refractivity (Wildman–Crippen MR) is 104 cm³/mol. The molecule has 26 heavy (non-hydrogen) atoms. The van der Waals surface area contributed by atoms with E-state index in [2.05, 4.69) is 15.6 Å². The minimum Gasteiger partial charge on any atom is -0.497 e. The average molecular weight is 369 g/mol. The molecule has 3 rings (SSSR count). The van der Waals surface area contributed by atoms with E-state index in [1.165, 1.54) is 11.3 Å². The number of benzene rings is 2. The van der Waals surface area contributed by atoms with Gasteiger partial charge in [-0.05, 0) is 31.2 Å². The number of carbonyl (C=O) groups is 1. The van der Waals surface area contributed by atoms with Crippen LogP contribution in [0.25, 0.3) is 0 Å². The average Bonchev–Trinajstić information content (AvgIpc) is 3.02. The lowest BCUT2D eigenvalue weighted by Gasteiger charge is -2.06. The first-order chi connectivity index (χ1) is 12.6. The van der Waals surface area contributed by atoms with E-state index in [-0.39, 0.29) is 5.91 Å². The molecule has 0 unspecified atom stereocenters. The summed E-state index contributed by atoms with van der Waals surface area (Å²) < 4.78 is 10.4. The maximum absolute atomic E-state index is 12.6. The Labute approximate surface area is 155 Å². The molecule has 134 valence electrons. The van der Waals surface area contributed by atoms with Crippen molar-refractivity contribution in [3.63, 3.8) is 0 Å². The van der Waals surface area contributed by atoms with Gasteiger partial charge in [0.05, 0.1) is 19.9 Å². The standard InChI is InChI=1S/C19H19N3O3S/c1-12-17(18(23)21-13-6-4-8-15(10-13)24-2)26-19(20-12)22-14-7-5-9-16(11-14)25-3/h4-11H,1-3H3,(H,20,22)(H,21,23). The summed E-state index contributed by atoms with van der Waals surface area (Å²) in [5.41, 5.74) is 2.18. The zero-order valence-corrected chi connectivity index (χ0v) is 15.5. The molecule has 0 spiro atoms. The molecule has 0 radical (unpaired) electrons. The molecule has 1 heterocycles. The number of rotatable bonds is 6. The van der Waals surface area contributed by atoms with Crippen molar-refractivity contribution in [2.45, 2.75) is 6.92 Å². The number of hydrogen-bond donors (Lipinski definition) is 2. The molecule has 0 saturated carbocycles. The van der Waals surface area contributed by atoms with E-state index in [0.29, 0.717) is 27.1 Å². The number of anilines is 3. The summed E-state index contributed by atoms with van der Waals surface area (Å²) in [6.07, 6.45) is 0. The highest BCUT2D eigenvalue weighted by atomic mass is 32.1. The molecule has 0 saturated heterocycles. The minimum absolute atomic E-state index is 0.202. The molecule has 0 fully saturated rings. The summed E-state index contributed by atoms with van der Waals surface area (Å²) in [6, 6.07) is 14.8. The highest BCUT2D eigenvalue weighted by Crippen LogP contribution is 2.28. The van der Waals surface area contributed by atoms with Gasteiger partial charge in [-0.2, -0.15) is 0 Å². The van der Waals surface area contributed by atoms with Gasteiger partial charge in [-0.3, -0.25) is 4.79 Å². The highest BCUT2D eigenvalue weighted by molar-refractivity contribution is 7.17. The van der Waals surface area contributed by atoms with E-state index in [9.17, 15) is 4.79 Å². The lowest BCUT2D eigenvalue weighted by atomic mass is 10.3. The largest absolute Gasteiger partial charge is 0.497 e. The van der Waals surface area contributed by atoms with Gasteiger partial charge in [-0.1, -0.05) is 23.5 Å². The molecule has 0 aliphatic rings. The van der Waals surface area contributed by atoms with Crippen molar-refractivity contribution in [2.24, 2.45) is 0 Å². The van der Waals surface area contributed by atoms with Crippen molar-refractivity contribution in [3.05, 3.63) is 59.1 Å². The topological polar surface area (TPSA) is 72.5 Å². The number of methoxy groups -OCH3 is 2. The molecule has 0 aliphatic carbocycles. The number of amides is 1. The summed E-state index contributed by atoms with van der Waals surface area (Å²) in [6.45, 7) is 1.81. The maximum Gasteiger partial charge on any atom is 0.267 e. The van der Waals surface area contributed by atoms with Gasteiger partial charge in [0, 0.05) is 23.5 Å². The minimum atomic E-state index is -0.202. The highest BCUT2D eigenvalue weighted by Gasteiger charge is 2.16. The van der Waals surface area contributed by atoms with Crippen molar-refractivity contribution in [1.82, 2.24) is 4.98 Å². The number of ether oxygens (including phenoxy) is 2. The van der Waals surface area contributed by atoms with E-state index in [0.717, 1.165) is 11.4 Å². The number of aromatic nitrogens is 1. The molecule has 2 aromatic carbocycles. The Balaban J connectivity index is 1.75. The Bertz CT molecular complexity index is 924. The number of nitrogens with zero attached hydrogens (tertiary/aromatic N) is 1. The van der Waals surface area contributed by atoms with Crippen molar-refractivity contribution in [3.8, 4) is 11.5 Å². The lowest BCUT2D eigenvalue weighted by molar-refractivity contribution is 0.103. The quantitative estimate of drug-likeness (QED) is 0.671. The van der Waals surface area contributed by atoms with Crippen LogP contribution in [0.3, 0.4) is 0 Å². The van der Waals surface area contributed by atoms with Crippen molar-refractivity contribution in [2.75, 3.05) is 24.9 Å². The summed E-state index contributed by atoms with van der Waals surface area (Å²) in [7, 11) is 3.21. The monoisotopic (exact) mass is 369 g/mol. The van der Waals surface area contributed by atoms with Crippen LogP contribution in [0.5, 0.6) is 11.5 Å². The normalized spacial score (nSPS) is 10.3. The Morgan fingerprint density at radius 2 is 1.62 bits per heavy atom. The number of nitrogens with one attached hydrogen (secondary N) is 2. The number of hydrogen-bond acceptors (Lipinski definition) is 6. The van der Waals surface area contributed by atoms with Gasteiger partial charge >= 0.3 is 0 Å². The SMILES string of the molecule is COc1cccc(NC(=O)c2sc(Nc3cccc(OC)c3)nc2C)c1. The Morgan fingerprint density at radius 3 is 2.27 bits per heavy atom. The molecule has 3 aromatic rings. The van der Waals surface area contributed by atoms with Crippen LogP contribution < -0.4 is 20.1 Å². The summed E-state index contributed by atoms with van der Waals surface area (Å²) in [5.74, 6) is 1.23. The lowest BCUT2D eigenvalue weighted by Crippen LogP contribution is -2.11. The second kappa shape index (κ2) is 7.88. The molecule has 0 bridgehead atoms. The van der Waals surface area contributed by atoms with Crippen LogP contribution in [0.1, 0.15) is 15.4 Å². The zero-order chi connectivity index (χ0) is 18.5. The fourth-order valence-corrected chi connectivity index (χ4v) is 3.26. The molecule has 7 heteroatoms. The summed E-state index contributed by atoms with van der Waals surface area (Å²) in [4.78, 5) is 17.6. The van der Waals surface area contributed by atoms with E-state index >= 15 is 0 Å². The Kier molecular flexibility index (Phi) is 5.38. The fourth-order valence-electron chi connectivity index (χ4n) is 2.37. The van der Waals surface area contributed by atoms with E-state index in [4.69, 9.17) is 9.47 Å². The van der Waals surface area contributed by atoms with E-state index in [1.54, 1.807) is 20.3 Å². The van der Waals surface area contributed by atoms with Crippen LogP contribution in [0.2, 0.25) is 0 Å². The van der Waals surface area contributed by atoms with Gasteiger partial charge in [0.15, 0.2) is 5.13 Å². The number of aryl methyl sites for hydroxylation is 1. The molecule has 0 aliphatic heterocycles. The first-order valence-electron chi connectivity index (χ1n) is 7.93. The van der Waals surface area contributed by atoms with E-state index < -0.39 is 0 Å². The van der Waals surface area contributed by atoms with Crippen molar-refractivity contribution >= 4 is 33.8 Å². The van der Waals surface area contributed by atoms with Gasteiger partial charge < -0.3 is 20.1 Å². The summed E-state index contributed by atoms with van der Waals surface area (Å²) >= 11 is 1.30. The number of thiazole rings is 1. The molecule has 1 aromatic heterocycles. The smallest absolute Gasteiger partial charge is 0.267 e. The third-order valence-electron chi connectivity index (χ3n) is 3.65. The van der Waals surface area contributed by atoms with Crippen LogP contribution in [-0.2, 0) is 0 Å². The molecule has 0 atom stereocenters. The first-order valence-corrected chi connectivity index (χ1v) is 8.74. The Morgan fingerprint density at radius 1 is 1.00 bits per heavy atom. The molecular formula is C19H19N3O3S. The van der Waals surface area contributed by atoms with Crippen molar-refractivity contribution in [1.29, 1.82) is 0 Å². The van der Waals surface area contributed by atoms with Gasteiger partial charge in [-0.15, -0.1) is 0 Å². The fraction of sp³-hybridized carbons (Fsp3) is 0.158. The van der Waals surface area contributed by atoms with E-state index in [1.807, 2.05) is 49.4 Å². The van der Waals surface area contributed by atoms with Crippen LogP contribution >= 0.6 is 11.3 Å². The van der Waals surface area contributed by atoms with Crippen LogP contribution in [0, 0.1) is 6.92 Å². The zero-order valence-electron chi connectivity index (χ0n) is 14.7.